The highest BCUT2D eigenvalue weighted by molar-refractivity contribution is 5.94. The number of hydrogen-bond donors (Lipinski definition) is 0. The number of carbonyl (C=O) groups is 1. The maximum absolute atomic E-state index is 12.9. The Balaban J connectivity index is 1.54. The van der Waals surface area contributed by atoms with Crippen molar-refractivity contribution in [3.05, 3.63) is 41.9 Å². The first-order valence-electron chi connectivity index (χ1n) is 8.60. The fraction of sp³-hybridized carbons (Fsp3) is 0.500. The molecule has 0 bridgehead atoms. The summed E-state index contributed by atoms with van der Waals surface area (Å²) < 4.78 is 1.93. The van der Waals surface area contributed by atoms with Gasteiger partial charge in [0, 0.05) is 39.1 Å². The fourth-order valence-electron chi connectivity index (χ4n) is 3.98. The molecule has 0 spiro atoms. The van der Waals surface area contributed by atoms with Crippen molar-refractivity contribution in [2.24, 2.45) is 13.0 Å². The Morgan fingerprint density at radius 1 is 1.21 bits per heavy atom. The van der Waals surface area contributed by atoms with Gasteiger partial charge >= 0.3 is 0 Å². The molecule has 126 valence electrons. The molecule has 4 heterocycles. The number of piperidine rings is 1. The minimum absolute atomic E-state index is 0.155. The molecule has 2 aromatic heterocycles. The number of likely N-dealkylation sites (tertiary alicyclic amines) is 1. The van der Waals surface area contributed by atoms with Gasteiger partial charge in [-0.2, -0.15) is 5.10 Å². The molecule has 2 atom stereocenters. The number of fused-ring (bicyclic) bond motifs is 1. The summed E-state index contributed by atoms with van der Waals surface area (Å²) in [5, 5.41) is 8.49. The summed E-state index contributed by atoms with van der Waals surface area (Å²) in [4.78, 5) is 17.3. The lowest BCUT2D eigenvalue weighted by Gasteiger charge is -2.36. The molecule has 6 nitrogen and oxygen atoms in total. The predicted octanol–water partition coefficient (Wildman–Crippen LogP) is 1.86. The second-order valence-corrected chi connectivity index (χ2v) is 6.97. The molecule has 0 radical (unpaired) electrons. The van der Waals surface area contributed by atoms with Crippen LogP contribution in [0.25, 0.3) is 0 Å². The van der Waals surface area contributed by atoms with Crippen LogP contribution >= 0.6 is 0 Å². The molecule has 2 saturated heterocycles. The number of carbonyl (C=O) groups excluding carboxylic acids is 1. The van der Waals surface area contributed by atoms with Crippen LogP contribution in [-0.4, -0.2) is 51.2 Å². The summed E-state index contributed by atoms with van der Waals surface area (Å²) in [7, 11) is 1.95. The van der Waals surface area contributed by atoms with Crippen LogP contribution in [0.2, 0.25) is 0 Å². The number of rotatable bonds is 2. The highest BCUT2D eigenvalue weighted by Crippen LogP contribution is 2.33. The number of aromatic nitrogens is 3. The van der Waals surface area contributed by atoms with Gasteiger partial charge < -0.3 is 14.4 Å². The van der Waals surface area contributed by atoms with Gasteiger partial charge in [-0.1, -0.05) is 0 Å². The summed E-state index contributed by atoms with van der Waals surface area (Å²) in [6, 6.07) is 6.21. The molecular formula is C18H23N5O. The Labute approximate surface area is 142 Å². The van der Waals surface area contributed by atoms with Crippen molar-refractivity contribution in [2.75, 3.05) is 24.5 Å². The number of hydrogen-bond acceptors (Lipinski definition) is 4. The molecule has 2 aliphatic heterocycles. The fourth-order valence-corrected chi connectivity index (χ4v) is 3.98. The quantitative estimate of drug-likeness (QED) is 0.846. The zero-order valence-corrected chi connectivity index (χ0v) is 14.2. The van der Waals surface area contributed by atoms with Crippen molar-refractivity contribution < 1.29 is 4.79 Å². The van der Waals surface area contributed by atoms with E-state index in [1.165, 1.54) is 6.42 Å². The molecule has 0 aliphatic carbocycles. The number of amides is 1. The third kappa shape index (κ3) is 2.66. The van der Waals surface area contributed by atoms with Crippen molar-refractivity contribution in [1.82, 2.24) is 19.7 Å². The van der Waals surface area contributed by atoms with Gasteiger partial charge in [0.05, 0.1) is 17.3 Å². The number of nitrogens with zero attached hydrogens (tertiary/aromatic N) is 5. The molecule has 6 heteroatoms. The molecule has 2 aromatic rings. The van der Waals surface area contributed by atoms with Gasteiger partial charge in [0.25, 0.3) is 5.91 Å². The van der Waals surface area contributed by atoms with E-state index in [0.29, 0.717) is 5.92 Å². The second-order valence-electron chi connectivity index (χ2n) is 6.97. The molecule has 0 unspecified atom stereocenters. The van der Waals surface area contributed by atoms with Crippen molar-refractivity contribution in [2.45, 2.75) is 25.8 Å². The summed E-state index contributed by atoms with van der Waals surface area (Å²) in [6.07, 6.45) is 6.09. The molecule has 4 rings (SSSR count). The summed E-state index contributed by atoms with van der Waals surface area (Å²) >= 11 is 0. The van der Waals surface area contributed by atoms with Crippen molar-refractivity contribution in [3.8, 4) is 0 Å². The summed E-state index contributed by atoms with van der Waals surface area (Å²) in [6.45, 7) is 4.60. The monoisotopic (exact) mass is 325 g/mol. The lowest BCUT2D eigenvalue weighted by Crippen LogP contribution is -2.48. The highest BCUT2D eigenvalue weighted by Gasteiger charge is 2.41. The van der Waals surface area contributed by atoms with E-state index in [-0.39, 0.29) is 11.9 Å². The third-order valence-corrected chi connectivity index (χ3v) is 5.23. The maximum atomic E-state index is 12.9. The van der Waals surface area contributed by atoms with E-state index in [2.05, 4.69) is 20.0 Å². The Hall–Kier alpha value is -2.37. The van der Waals surface area contributed by atoms with E-state index in [1.54, 1.807) is 0 Å². The third-order valence-electron chi connectivity index (χ3n) is 5.23. The van der Waals surface area contributed by atoms with Gasteiger partial charge in [-0.15, -0.1) is 5.10 Å². The standard InChI is InChI=1S/C18H23N5O/c1-13-5-6-17(20-19-13)22-11-14-4-3-8-23(16(14)12-22)18(24)15-7-9-21(2)10-15/h5-7,9-10,14,16H,3-4,8,11-12H2,1-2H3/t14-,16+/m0/s1. The molecular weight excluding hydrogens is 302 g/mol. The first kappa shape index (κ1) is 15.2. The zero-order chi connectivity index (χ0) is 16.7. The Morgan fingerprint density at radius 3 is 2.79 bits per heavy atom. The SMILES string of the molecule is Cc1ccc(N2C[C@@H]3CCCN(C(=O)c4ccn(C)c4)[C@@H]3C2)nn1. The van der Waals surface area contributed by atoms with E-state index in [9.17, 15) is 4.79 Å². The maximum Gasteiger partial charge on any atom is 0.255 e. The van der Waals surface area contributed by atoms with Gasteiger partial charge in [-0.05, 0) is 43.9 Å². The molecule has 2 fully saturated rings. The van der Waals surface area contributed by atoms with E-state index < -0.39 is 0 Å². The molecule has 0 N–H and O–H groups in total. The zero-order valence-electron chi connectivity index (χ0n) is 14.2. The van der Waals surface area contributed by atoms with Gasteiger partial charge in [-0.3, -0.25) is 4.79 Å². The van der Waals surface area contributed by atoms with Crippen LogP contribution in [0.3, 0.4) is 0 Å². The number of anilines is 1. The van der Waals surface area contributed by atoms with Gasteiger partial charge in [-0.25, -0.2) is 0 Å². The predicted molar refractivity (Wildman–Crippen MR) is 91.9 cm³/mol. The summed E-state index contributed by atoms with van der Waals surface area (Å²) in [5.41, 5.74) is 1.71. The normalized spacial score (nSPS) is 23.4. The van der Waals surface area contributed by atoms with Crippen molar-refractivity contribution in [3.63, 3.8) is 0 Å². The lowest BCUT2D eigenvalue weighted by molar-refractivity contribution is 0.0575. The minimum Gasteiger partial charge on any atom is -0.356 e. The van der Waals surface area contributed by atoms with Crippen molar-refractivity contribution in [1.29, 1.82) is 0 Å². The Morgan fingerprint density at radius 2 is 2.08 bits per heavy atom. The molecule has 2 aliphatic rings. The largest absolute Gasteiger partial charge is 0.356 e. The van der Waals surface area contributed by atoms with Crippen molar-refractivity contribution >= 4 is 11.7 Å². The lowest BCUT2D eigenvalue weighted by atomic mass is 9.91. The van der Waals surface area contributed by atoms with Crippen LogP contribution < -0.4 is 4.90 Å². The topological polar surface area (TPSA) is 54.3 Å². The van der Waals surface area contributed by atoms with Gasteiger partial charge in [0.2, 0.25) is 0 Å². The first-order valence-corrected chi connectivity index (χ1v) is 8.60. The molecule has 0 saturated carbocycles. The highest BCUT2D eigenvalue weighted by atomic mass is 16.2. The van der Waals surface area contributed by atoms with Gasteiger partial charge in [0.15, 0.2) is 5.82 Å². The number of aryl methyl sites for hydroxylation is 2. The Kier molecular flexibility index (Phi) is 3.75. The Bertz CT molecular complexity index is 738. The van der Waals surface area contributed by atoms with E-state index in [0.717, 1.165) is 43.1 Å². The smallest absolute Gasteiger partial charge is 0.255 e. The van der Waals surface area contributed by atoms with E-state index >= 15 is 0 Å². The van der Waals surface area contributed by atoms with E-state index in [1.807, 2.05) is 49.1 Å². The van der Waals surface area contributed by atoms with Crippen LogP contribution in [0.4, 0.5) is 5.82 Å². The van der Waals surface area contributed by atoms with Crippen LogP contribution in [-0.2, 0) is 7.05 Å². The van der Waals surface area contributed by atoms with Crippen LogP contribution in [0.1, 0.15) is 28.9 Å². The molecule has 0 aromatic carbocycles. The average Bonchev–Trinajstić information content (AvgIpc) is 3.20. The van der Waals surface area contributed by atoms with Crippen LogP contribution in [0.15, 0.2) is 30.6 Å². The van der Waals surface area contributed by atoms with E-state index in [4.69, 9.17) is 0 Å². The molecule has 24 heavy (non-hydrogen) atoms. The summed E-state index contributed by atoms with van der Waals surface area (Å²) in [5.74, 6) is 1.60. The average molecular weight is 325 g/mol. The first-order chi connectivity index (χ1) is 11.6. The van der Waals surface area contributed by atoms with Crippen LogP contribution in [0, 0.1) is 12.8 Å². The van der Waals surface area contributed by atoms with Gasteiger partial charge in [0.1, 0.15) is 0 Å². The van der Waals surface area contributed by atoms with Crippen LogP contribution in [0.5, 0.6) is 0 Å². The minimum atomic E-state index is 0.155. The second kappa shape index (κ2) is 5.92. The molecule has 1 amide bonds.